The molecule has 198 valence electrons. The molecule has 9 nitrogen and oxygen atoms in total. The summed E-state index contributed by atoms with van der Waals surface area (Å²) in [5, 5.41) is 6.85. The molecule has 0 aliphatic carbocycles. The predicted octanol–water partition coefficient (Wildman–Crippen LogP) is 4.21. The fourth-order valence-corrected chi connectivity index (χ4v) is 7.17. The summed E-state index contributed by atoms with van der Waals surface area (Å²) in [6, 6.07) is 2.97. The largest absolute Gasteiger partial charge is 0.354 e. The van der Waals surface area contributed by atoms with Crippen molar-refractivity contribution in [2.45, 2.75) is 44.7 Å². The first-order chi connectivity index (χ1) is 17.3. The van der Waals surface area contributed by atoms with Crippen LogP contribution in [0.3, 0.4) is 0 Å². The molecule has 0 bridgehead atoms. The molecule has 3 aromatic rings. The average molecular weight is 781 g/mol. The van der Waals surface area contributed by atoms with Crippen molar-refractivity contribution in [3.05, 3.63) is 65.2 Å². The number of aromatic nitrogens is 4. The highest BCUT2D eigenvalue weighted by atomic mass is 127. The first-order valence-electron chi connectivity index (χ1n) is 10.6. The van der Waals surface area contributed by atoms with Gasteiger partial charge in [0.05, 0.1) is 17.3 Å². The van der Waals surface area contributed by atoms with Crippen LogP contribution in [0.15, 0.2) is 47.8 Å². The van der Waals surface area contributed by atoms with Crippen molar-refractivity contribution < 1.29 is 26.4 Å². The summed E-state index contributed by atoms with van der Waals surface area (Å²) in [6.07, 6.45) is 4.10. The Morgan fingerprint density at radius 2 is 1.86 bits per heavy atom. The monoisotopic (exact) mass is 780 g/mol. The number of nitrogens with zero attached hydrogens (tertiary/aromatic N) is 5. The lowest BCUT2D eigenvalue weighted by Crippen LogP contribution is -2.48. The standard InChI is InChI=1S/C21H18ClF3I2N6O3S/c1-11-16(26)6-17(33(11)37(35,36)15-4-2-13(23)3-5-15)19(34)28-7-12-10-32(31-18(12)22)14-8-29-20(30-9-14)21(24,25)27/h2-5,8-11,16-17H,6-7H2,1H3,(H,28,34)/t11-,16+,17-/m0/s1. The molecule has 1 fully saturated rings. The average Bonchev–Trinajstić information content (AvgIpc) is 3.36. The third kappa shape index (κ3) is 6.04. The van der Waals surface area contributed by atoms with Crippen molar-refractivity contribution in [2.24, 2.45) is 0 Å². The van der Waals surface area contributed by atoms with Crippen LogP contribution in [-0.4, -0.2) is 54.4 Å². The predicted molar refractivity (Wildman–Crippen MR) is 145 cm³/mol. The second kappa shape index (κ2) is 10.9. The third-order valence-electron chi connectivity index (χ3n) is 5.72. The van der Waals surface area contributed by atoms with E-state index in [1.807, 2.05) is 0 Å². The van der Waals surface area contributed by atoms with Gasteiger partial charge in [0.2, 0.25) is 21.8 Å². The molecule has 3 atom stereocenters. The molecule has 37 heavy (non-hydrogen) atoms. The van der Waals surface area contributed by atoms with Crippen molar-refractivity contribution >= 4 is 72.7 Å². The third-order valence-corrected chi connectivity index (χ3v) is 10.1. The highest BCUT2D eigenvalue weighted by molar-refractivity contribution is 14.1. The van der Waals surface area contributed by atoms with Crippen molar-refractivity contribution in [1.82, 2.24) is 29.4 Å². The quantitative estimate of drug-likeness (QED) is 0.285. The molecule has 0 saturated carbocycles. The van der Waals surface area contributed by atoms with E-state index in [4.69, 9.17) is 11.6 Å². The van der Waals surface area contributed by atoms with Gasteiger partial charge in [0, 0.05) is 50.9 Å². The van der Waals surface area contributed by atoms with Gasteiger partial charge in [-0.3, -0.25) is 4.79 Å². The number of benzene rings is 1. The Morgan fingerprint density at radius 1 is 1.24 bits per heavy atom. The zero-order chi connectivity index (χ0) is 27.1. The van der Waals surface area contributed by atoms with E-state index in [-0.39, 0.29) is 32.6 Å². The van der Waals surface area contributed by atoms with Gasteiger partial charge in [0.1, 0.15) is 17.5 Å². The Balaban J connectivity index is 1.50. The Labute approximate surface area is 242 Å². The van der Waals surface area contributed by atoms with Crippen LogP contribution in [0.25, 0.3) is 5.69 Å². The number of nitrogens with one attached hydrogen (secondary N) is 1. The molecule has 16 heteroatoms. The van der Waals surface area contributed by atoms with Gasteiger partial charge in [-0.25, -0.2) is 27.5 Å². The summed E-state index contributed by atoms with van der Waals surface area (Å²) >= 11 is 9.23. The normalized spacial score (nSPS) is 20.8. The van der Waals surface area contributed by atoms with Gasteiger partial charge in [-0.15, -0.1) is 0 Å². The number of sulfonamides is 1. The van der Waals surface area contributed by atoms with E-state index in [1.54, 1.807) is 6.92 Å². The fraction of sp³-hybridized carbons (Fsp3) is 0.333. The number of hydrogen-bond donors (Lipinski definition) is 1. The minimum Gasteiger partial charge on any atom is -0.350 e. The van der Waals surface area contributed by atoms with Crippen LogP contribution < -0.4 is 5.32 Å². The molecule has 2 aromatic heterocycles. The number of alkyl halides is 4. The van der Waals surface area contributed by atoms with Crippen LogP contribution in [0, 0.1) is 5.82 Å². The van der Waals surface area contributed by atoms with E-state index < -0.39 is 43.6 Å². The van der Waals surface area contributed by atoms with Crippen LogP contribution in [0.5, 0.6) is 0 Å². The number of amides is 1. The smallest absolute Gasteiger partial charge is 0.350 e. The zero-order valence-corrected chi connectivity index (χ0v) is 24.7. The van der Waals surface area contributed by atoms with Crippen LogP contribution in [-0.2, 0) is 25.3 Å². The minimum absolute atomic E-state index is 0.0472. The van der Waals surface area contributed by atoms with E-state index in [9.17, 15) is 26.4 Å². The van der Waals surface area contributed by atoms with Crippen LogP contribution in [0.1, 0.15) is 24.7 Å². The molecular weight excluding hydrogens is 763 g/mol. The highest BCUT2D eigenvalue weighted by Gasteiger charge is 2.48. The molecule has 1 N–H and O–H groups in total. The van der Waals surface area contributed by atoms with Gasteiger partial charge in [-0.1, -0.05) is 34.2 Å². The fourth-order valence-electron chi connectivity index (χ4n) is 3.82. The van der Waals surface area contributed by atoms with Gasteiger partial charge in [0.15, 0.2) is 5.15 Å². The number of rotatable bonds is 7. The Morgan fingerprint density at radius 3 is 2.46 bits per heavy atom. The van der Waals surface area contributed by atoms with Crippen LogP contribution in [0.2, 0.25) is 5.15 Å². The van der Waals surface area contributed by atoms with Crippen LogP contribution >= 0.6 is 56.8 Å². The maximum absolute atomic E-state index is 13.3. The molecular formula is C21H18ClF3I2N6O3S. The number of halogens is 6. The zero-order valence-electron chi connectivity index (χ0n) is 18.8. The topological polar surface area (TPSA) is 110 Å². The van der Waals surface area contributed by atoms with Crippen LogP contribution in [0.4, 0.5) is 13.2 Å². The van der Waals surface area contributed by atoms with Gasteiger partial charge in [0.25, 0.3) is 0 Å². The summed E-state index contributed by atoms with van der Waals surface area (Å²) in [5.74, 6) is -1.75. The van der Waals surface area contributed by atoms with Gasteiger partial charge >= 0.3 is 3.93 Å². The summed E-state index contributed by atoms with van der Waals surface area (Å²) in [6.45, 7) is 1.65. The lowest BCUT2D eigenvalue weighted by atomic mass is 10.2. The van der Waals surface area contributed by atoms with Gasteiger partial charge in [-0.05, 0) is 37.6 Å². The minimum atomic E-state index is -4.08. The maximum Gasteiger partial charge on any atom is 0.354 e. The number of carbonyl (C=O) groups excluding carboxylic acids is 1. The van der Waals surface area contributed by atoms with E-state index in [0.29, 0.717) is 5.56 Å². The van der Waals surface area contributed by atoms with Gasteiger partial charge < -0.3 is 5.32 Å². The number of hydrogen-bond acceptors (Lipinski definition) is 6. The lowest BCUT2D eigenvalue weighted by Gasteiger charge is -2.27. The summed E-state index contributed by atoms with van der Waals surface area (Å²) in [5.41, 5.74) is 0.682. The summed E-state index contributed by atoms with van der Waals surface area (Å²) < 4.78 is 65.7. The summed E-state index contributed by atoms with van der Waals surface area (Å²) in [7, 11) is -4.08. The molecule has 1 saturated heterocycles. The van der Waals surface area contributed by atoms with Gasteiger partial charge in [-0.2, -0.15) is 18.2 Å². The molecule has 3 heterocycles. The van der Waals surface area contributed by atoms with E-state index >= 15 is 0 Å². The SMILES string of the molecule is C[C@H]1[C@H](I)C[C@@H](C(=O)NCc2cn(-c3cnc(C(F)(F)I)nc3)nc2Cl)N1S(=O)(=O)c1ccc(F)cc1. The molecule has 1 aliphatic rings. The van der Waals surface area contributed by atoms with E-state index in [1.165, 1.54) is 35.4 Å². The maximum atomic E-state index is 13.3. The first kappa shape index (κ1) is 28.4. The molecule has 0 spiro atoms. The highest BCUT2D eigenvalue weighted by Crippen LogP contribution is 2.36. The van der Waals surface area contributed by atoms with E-state index in [0.717, 1.165) is 39.0 Å². The summed E-state index contributed by atoms with van der Waals surface area (Å²) in [4.78, 5) is 20.3. The second-order valence-corrected chi connectivity index (χ2v) is 13.3. The van der Waals surface area contributed by atoms with Crippen molar-refractivity contribution in [3.63, 3.8) is 0 Å². The van der Waals surface area contributed by atoms with Crippen molar-refractivity contribution in [1.29, 1.82) is 0 Å². The first-order valence-corrected chi connectivity index (χ1v) is 14.8. The Bertz CT molecular complexity index is 1400. The van der Waals surface area contributed by atoms with E-state index in [2.05, 4.69) is 43.0 Å². The Hall–Kier alpha value is -1.57. The van der Waals surface area contributed by atoms with Crippen molar-refractivity contribution in [3.8, 4) is 5.69 Å². The molecule has 1 amide bonds. The lowest BCUT2D eigenvalue weighted by molar-refractivity contribution is -0.124. The second-order valence-electron chi connectivity index (χ2n) is 8.17. The molecule has 0 unspecified atom stereocenters. The number of carbonyl (C=O) groups is 1. The molecule has 1 aliphatic heterocycles. The molecule has 4 rings (SSSR count). The molecule has 1 aromatic carbocycles. The molecule has 0 radical (unpaired) electrons. The Kier molecular flexibility index (Phi) is 8.37. The van der Waals surface area contributed by atoms with Crippen molar-refractivity contribution in [2.75, 3.05) is 0 Å².